The summed E-state index contributed by atoms with van der Waals surface area (Å²) in [5.74, 6) is 0.876. The van der Waals surface area contributed by atoms with Gasteiger partial charge < -0.3 is 5.11 Å². The van der Waals surface area contributed by atoms with Gasteiger partial charge in [-0.3, -0.25) is 4.68 Å². The van der Waals surface area contributed by atoms with Crippen LogP contribution < -0.4 is 0 Å². The van der Waals surface area contributed by atoms with Gasteiger partial charge in [-0.15, -0.1) is 11.3 Å². The molecule has 4 nitrogen and oxygen atoms in total. The molecule has 1 N–H and O–H groups in total. The lowest BCUT2D eigenvalue weighted by molar-refractivity contribution is 0.158. The first-order valence-electron chi connectivity index (χ1n) is 6.36. The average Bonchev–Trinajstić information content (AvgIpc) is 3.00. The largest absolute Gasteiger partial charge is 0.393 e. The molecular formula is C13H19N3OS. The van der Waals surface area contributed by atoms with Crippen molar-refractivity contribution in [3.05, 3.63) is 34.5 Å². The van der Waals surface area contributed by atoms with E-state index in [0.717, 1.165) is 31.6 Å². The van der Waals surface area contributed by atoms with Gasteiger partial charge in [0, 0.05) is 17.8 Å². The van der Waals surface area contributed by atoms with Crippen LogP contribution in [0.1, 0.15) is 30.5 Å². The minimum absolute atomic E-state index is 0.320. The first-order chi connectivity index (χ1) is 8.79. The van der Waals surface area contributed by atoms with Crippen LogP contribution in [0.4, 0.5) is 0 Å². The minimum atomic E-state index is -0.320. The molecule has 0 saturated heterocycles. The highest BCUT2D eigenvalue weighted by molar-refractivity contribution is 7.09. The molecule has 5 heteroatoms. The van der Waals surface area contributed by atoms with Gasteiger partial charge in [-0.1, -0.05) is 6.07 Å². The van der Waals surface area contributed by atoms with Crippen molar-refractivity contribution in [2.75, 3.05) is 0 Å². The molecule has 0 aromatic carbocycles. The monoisotopic (exact) mass is 265 g/mol. The molecule has 0 bridgehead atoms. The Labute approximate surface area is 111 Å². The second kappa shape index (κ2) is 6.66. The third-order valence-electron chi connectivity index (χ3n) is 2.95. The van der Waals surface area contributed by atoms with Crippen molar-refractivity contribution in [3.63, 3.8) is 0 Å². The maximum atomic E-state index is 9.99. The van der Waals surface area contributed by atoms with E-state index in [1.807, 2.05) is 11.6 Å². The van der Waals surface area contributed by atoms with Crippen molar-refractivity contribution < 1.29 is 5.11 Å². The molecule has 18 heavy (non-hydrogen) atoms. The predicted octanol–water partition coefficient (Wildman–Crippen LogP) is 2.29. The zero-order chi connectivity index (χ0) is 12.8. The highest BCUT2D eigenvalue weighted by Crippen LogP contribution is 2.13. The van der Waals surface area contributed by atoms with E-state index in [1.165, 1.54) is 4.88 Å². The van der Waals surface area contributed by atoms with Crippen molar-refractivity contribution in [2.45, 2.75) is 45.3 Å². The fourth-order valence-electron chi connectivity index (χ4n) is 1.99. The van der Waals surface area contributed by atoms with Gasteiger partial charge in [0.1, 0.15) is 12.2 Å². The van der Waals surface area contributed by atoms with Crippen LogP contribution in [0.5, 0.6) is 0 Å². The molecule has 1 unspecified atom stereocenters. The number of hydrogen-bond donors (Lipinski definition) is 1. The normalized spacial score (nSPS) is 12.8. The van der Waals surface area contributed by atoms with Crippen LogP contribution >= 0.6 is 11.3 Å². The summed E-state index contributed by atoms with van der Waals surface area (Å²) in [6, 6.07) is 4.21. The van der Waals surface area contributed by atoms with E-state index in [9.17, 15) is 5.11 Å². The molecule has 0 radical (unpaired) electrons. The van der Waals surface area contributed by atoms with E-state index >= 15 is 0 Å². The van der Waals surface area contributed by atoms with Gasteiger partial charge in [-0.25, -0.2) is 4.98 Å². The number of aliphatic hydroxyl groups is 1. The van der Waals surface area contributed by atoms with Gasteiger partial charge in [0.05, 0.1) is 6.10 Å². The van der Waals surface area contributed by atoms with Crippen molar-refractivity contribution in [3.8, 4) is 0 Å². The molecule has 2 aromatic heterocycles. The lowest BCUT2D eigenvalue weighted by Crippen LogP contribution is -2.15. The SMILES string of the molecule is CCn1ncnc1CC(O)CCCc1cccs1. The fraction of sp³-hybridized carbons (Fsp3) is 0.538. The lowest BCUT2D eigenvalue weighted by atomic mass is 10.1. The molecule has 0 aliphatic rings. The number of aromatic nitrogens is 3. The molecule has 0 aliphatic heterocycles. The maximum absolute atomic E-state index is 9.99. The second-order valence-corrected chi connectivity index (χ2v) is 5.35. The van der Waals surface area contributed by atoms with Gasteiger partial charge >= 0.3 is 0 Å². The molecule has 2 aromatic rings. The quantitative estimate of drug-likeness (QED) is 0.835. The molecule has 0 saturated carbocycles. The van der Waals surface area contributed by atoms with E-state index in [4.69, 9.17) is 0 Å². The van der Waals surface area contributed by atoms with Crippen LogP contribution in [0.25, 0.3) is 0 Å². The van der Waals surface area contributed by atoms with E-state index < -0.39 is 0 Å². The third-order valence-corrected chi connectivity index (χ3v) is 3.89. The van der Waals surface area contributed by atoms with Gasteiger partial charge in [0.15, 0.2) is 0 Å². The topological polar surface area (TPSA) is 50.9 Å². The Kier molecular flexibility index (Phi) is 4.90. The number of aliphatic hydroxyl groups excluding tert-OH is 1. The van der Waals surface area contributed by atoms with Crippen molar-refractivity contribution >= 4 is 11.3 Å². The summed E-state index contributed by atoms with van der Waals surface area (Å²) < 4.78 is 1.84. The Morgan fingerprint density at radius 2 is 2.39 bits per heavy atom. The number of rotatable bonds is 7. The van der Waals surface area contributed by atoms with Crippen LogP contribution in [0.2, 0.25) is 0 Å². The Morgan fingerprint density at radius 3 is 3.11 bits per heavy atom. The summed E-state index contributed by atoms with van der Waals surface area (Å²) in [6.45, 7) is 2.83. The van der Waals surface area contributed by atoms with Crippen LogP contribution in [0.15, 0.2) is 23.8 Å². The number of aryl methyl sites for hydroxylation is 2. The second-order valence-electron chi connectivity index (χ2n) is 4.32. The minimum Gasteiger partial charge on any atom is -0.393 e. The summed E-state index contributed by atoms with van der Waals surface area (Å²) in [4.78, 5) is 5.57. The molecule has 2 rings (SSSR count). The number of thiophene rings is 1. The van der Waals surface area contributed by atoms with Crippen molar-refractivity contribution in [1.29, 1.82) is 0 Å². The highest BCUT2D eigenvalue weighted by atomic mass is 32.1. The lowest BCUT2D eigenvalue weighted by Gasteiger charge is -2.10. The van der Waals surface area contributed by atoms with Gasteiger partial charge in [0.2, 0.25) is 0 Å². The summed E-state index contributed by atoms with van der Waals surface area (Å²) >= 11 is 1.78. The Balaban J connectivity index is 1.73. The zero-order valence-corrected chi connectivity index (χ0v) is 11.4. The van der Waals surface area contributed by atoms with E-state index in [1.54, 1.807) is 17.7 Å². The van der Waals surface area contributed by atoms with E-state index in [0.29, 0.717) is 6.42 Å². The van der Waals surface area contributed by atoms with Gasteiger partial charge in [-0.05, 0) is 37.6 Å². The van der Waals surface area contributed by atoms with E-state index in [-0.39, 0.29) is 6.10 Å². The average molecular weight is 265 g/mol. The third kappa shape index (κ3) is 3.65. The summed E-state index contributed by atoms with van der Waals surface area (Å²) in [5, 5.41) is 16.2. The molecular weight excluding hydrogens is 246 g/mol. The first kappa shape index (κ1) is 13.2. The fourth-order valence-corrected chi connectivity index (χ4v) is 2.74. The van der Waals surface area contributed by atoms with Crippen molar-refractivity contribution in [1.82, 2.24) is 14.8 Å². The first-order valence-corrected chi connectivity index (χ1v) is 7.24. The number of nitrogens with zero attached hydrogens (tertiary/aromatic N) is 3. The molecule has 98 valence electrons. The summed E-state index contributed by atoms with van der Waals surface area (Å²) in [6.07, 6.45) is 4.71. The number of hydrogen-bond acceptors (Lipinski definition) is 4. The smallest absolute Gasteiger partial charge is 0.138 e. The molecule has 0 spiro atoms. The summed E-state index contributed by atoms with van der Waals surface area (Å²) in [5.41, 5.74) is 0. The Morgan fingerprint density at radius 1 is 1.50 bits per heavy atom. The summed E-state index contributed by atoms with van der Waals surface area (Å²) in [7, 11) is 0. The molecule has 2 heterocycles. The highest BCUT2D eigenvalue weighted by Gasteiger charge is 2.10. The van der Waals surface area contributed by atoms with Crippen LogP contribution in [-0.4, -0.2) is 26.0 Å². The van der Waals surface area contributed by atoms with Gasteiger partial charge in [-0.2, -0.15) is 5.10 Å². The molecule has 1 atom stereocenters. The Hall–Kier alpha value is -1.20. The standard InChI is InChI=1S/C13H19N3OS/c1-2-16-13(14-10-15-16)9-11(17)5-3-6-12-7-4-8-18-12/h4,7-8,10-11,17H,2-3,5-6,9H2,1H3. The van der Waals surface area contributed by atoms with Crippen LogP contribution in [0.3, 0.4) is 0 Å². The Bertz CT molecular complexity index is 453. The van der Waals surface area contributed by atoms with Crippen LogP contribution in [0, 0.1) is 0 Å². The van der Waals surface area contributed by atoms with Crippen LogP contribution in [-0.2, 0) is 19.4 Å². The molecule has 0 aliphatic carbocycles. The molecule has 0 amide bonds. The maximum Gasteiger partial charge on any atom is 0.138 e. The zero-order valence-electron chi connectivity index (χ0n) is 10.6. The molecule has 0 fully saturated rings. The predicted molar refractivity (Wildman–Crippen MR) is 72.7 cm³/mol. The van der Waals surface area contributed by atoms with E-state index in [2.05, 4.69) is 27.6 Å². The van der Waals surface area contributed by atoms with Gasteiger partial charge in [0.25, 0.3) is 0 Å². The van der Waals surface area contributed by atoms with Crippen molar-refractivity contribution in [2.24, 2.45) is 0 Å².